The molecule has 1 aromatic carbocycles. The molecule has 0 aliphatic carbocycles. The van der Waals surface area contributed by atoms with Crippen LogP contribution in [0.4, 0.5) is 0 Å². The van der Waals surface area contributed by atoms with Crippen molar-refractivity contribution < 1.29 is 4.79 Å². The van der Waals surface area contributed by atoms with Crippen LogP contribution in [0.3, 0.4) is 0 Å². The Morgan fingerprint density at radius 2 is 2.00 bits per heavy atom. The monoisotopic (exact) mass is 402 g/mol. The molecule has 0 spiro atoms. The maximum Gasteiger partial charge on any atom is 0.255 e. The van der Waals surface area contributed by atoms with Gasteiger partial charge < -0.3 is 14.9 Å². The molecule has 1 unspecified atom stereocenters. The van der Waals surface area contributed by atoms with Gasteiger partial charge in [0.25, 0.3) is 5.91 Å². The SMILES string of the molecule is Cc1cccc(-n2cnc(-c3cnc4[nH]cc(C(=O)NC(C)C(C)(C)C)c4n3)c2)c1. The predicted octanol–water partition coefficient (Wildman–Crippen LogP) is 4.28. The number of aromatic amines is 1. The molecular formula is C23H26N6O. The summed E-state index contributed by atoms with van der Waals surface area (Å²) >= 11 is 0. The lowest BCUT2D eigenvalue weighted by molar-refractivity contribution is 0.0911. The van der Waals surface area contributed by atoms with Gasteiger partial charge in [0.05, 0.1) is 18.1 Å². The Balaban J connectivity index is 1.66. The van der Waals surface area contributed by atoms with Gasteiger partial charge in [-0.25, -0.2) is 15.0 Å². The molecule has 0 radical (unpaired) electrons. The second kappa shape index (κ2) is 7.40. The van der Waals surface area contributed by atoms with E-state index in [-0.39, 0.29) is 17.4 Å². The fourth-order valence-corrected chi connectivity index (χ4v) is 3.06. The van der Waals surface area contributed by atoms with E-state index in [1.165, 1.54) is 5.56 Å². The van der Waals surface area contributed by atoms with Crippen LogP contribution in [0.15, 0.2) is 49.2 Å². The van der Waals surface area contributed by atoms with Gasteiger partial charge >= 0.3 is 0 Å². The molecule has 7 heteroatoms. The average Bonchev–Trinajstić information content (AvgIpc) is 3.34. The van der Waals surface area contributed by atoms with Crippen LogP contribution in [0, 0.1) is 12.3 Å². The molecular weight excluding hydrogens is 376 g/mol. The summed E-state index contributed by atoms with van der Waals surface area (Å²) in [7, 11) is 0. The largest absolute Gasteiger partial charge is 0.349 e. The van der Waals surface area contributed by atoms with Crippen LogP contribution in [-0.2, 0) is 0 Å². The molecule has 0 bridgehead atoms. The number of amides is 1. The summed E-state index contributed by atoms with van der Waals surface area (Å²) in [6.45, 7) is 10.3. The molecule has 1 atom stereocenters. The Kier molecular flexibility index (Phi) is 4.89. The summed E-state index contributed by atoms with van der Waals surface area (Å²) in [5.41, 5.74) is 5.07. The zero-order valence-electron chi connectivity index (χ0n) is 17.9. The molecule has 1 amide bonds. The van der Waals surface area contributed by atoms with Crippen LogP contribution in [0.2, 0.25) is 0 Å². The number of hydrogen-bond acceptors (Lipinski definition) is 4. The lowest BCUT2D eigenvalue weighted by atomic mass is 9.88. The van der Waals surface area contributed by atoms with Gasteiger partial charge in [0, 0.05) is 24.1 Å². The van der Waals surface area contributed by atoms with E-state index in [0.717, 1.165) is 5.69 Å². The number of H-pyrrole nitrogens is 1. The van der Waals surface area contributed by atoms with Gasteiger partial charge in [-0.15, -0.1) is 0 Å². The van der Waals surface area contributed by atoms with Crippen molar-refractivity contribution in [2.45, 2.75) is 40.7 Å². The molecule has 2 N–H and O–H groups in total. The first-order valence-corrected chi connectivity index (χ1v) is 9.99. The van der Waals surface area contributed by atoms with Crippen LogP contribution in [0.1, 0.15) is 43.6 Å². The zero-order valence-corrected chi connectivity index (χ0v) is 17.9. The molecule has 4 rings (SSSR count). The quantitative estimate of drug-likeness (QED) is 0.533. The number of fused-ring (bicyclic) bond motifs is 1. The van der Waals surface area contributed by atoms with Crippen LogP contribution in [0.25, 0.3) is 28.2 Å². The highest BCUT2D eigenvalue weighted by molar-refractivity contribution is 6.04. The minimum absolute atomic E-state index is 0.0103. The summed E-state index contributed by atoms with van der Waals surface area (Å²) < 4.78 is 1.95. The molecule has 7 nitrogen and oxygen atoms in total. The average molecular weight is 403 g/mol. The molecule has 30 heavy (non-hydrogen) atoms. The second-order valence-electron chi connectivity index (χ2n) is 8.72. The molecule has 0 fully saturated rings. The summed E-state index contributed by atoms with van der Waals surface area (Å²) in [4.78, 5) is 29.5. The van der Waals surface area contributed by atoms with Gasteiger partial charge in [-0.05, 0) is 37.0 Å². The first-order valence-electron chi connectivity index (χ1n) is 9.99. The Labute approximate surface area is 175 Å². The Bertz CT molecular complexity index is 1210. The highest BCUT2D eigenvalue weighted by atomic mass is 16.1. The fourth-order valence-electron chi connectivity index (χ4n) is 3.06. The Morgan fingerprint density at radius 3 is 2.73 bits per heavy atom. The van der Waals surface area contributed by atoms with Crippen molar-refractivity contribution in [2.75, 3.05) is 0 Å². The van der Waals surface area contributed by atoms with Crippen molar-refractivity contribution >= 4 is 17.1 Å². The van der Waals surface area contributed by atoms with Crippen molar-refractivity contribution in [1.82, 2.24) is 29.8 Å². The number of imidazole rings is 1. The van der Waals surface area contributed by atoms with Crippen molar-refractivity contribution in [3.8, 4) is 17.1 Å². The van der Waals surface area contributed by atoms with Crippen molar-refractivity contribution in [3.05, 3.63) is 60.3 Å². The third-order valence-corrected chi connectivity index (χ3v) is 5.42. The standard InChI is InChI=1S/C23H26N6O/c1-14-7-6-8-16(9-14)29-12-19(26-13-29)18-11-25-21-20(28-18)17(10-24-21)22(30)27-15(2)23(3,4)5/h6-13,15H,1-5H3,(H,24,25)(H,27,30). The summed E-state index contributed by atoms with van der Waals surface area (Å²) in [5.74, 6) is -0.166. The molecule has 3 heterocycles. The van der Waals surface area contributed by atoms with Gasteiger partial charge in [0.15, 0.2) is 5.65 Å². The number of aromatic nitrogens is 5. The lowest BCUT2D eigenvalue weighted by Crippen LogP contribution is -2.41. The van der Waals surface area contributed by atoms with Crippen LogP contribution in [0.5, 0.6) is 0 Å². The van der Waals surface area contributed by atoms with E-state index in [1.54, 1.807) is 18.7 Å². The number of rotatable bonds is 4. The minimum Gasteiger partial charge on any atom is -0.349 e. The number of nitrogens with one attached hydrogen (secondary N) is 2. The van der Waals surface area contributed by atoms with E-state index in [2.05, 4.69) is 60.1 Å². The Hall–Kier alpha value is -3.48. The third-order valence-electron chi connectivity index (χ3n) is 5.42. The van der Waals surface area contributed by atoms with Gasteiger partial charge in [0.2, 0.25) is 0 Å². The van der Waals surface area contributed by atoms with Gasteiger partial charge in [-0.1, -0.05) is 32.9 Å². The number of hydrogen-bond donors (Lipinski definition) is 2. The third kappa shape index (κ3) is 3.83. The molecule has 0 saturated carbocycles. The highest BCUT2D eigenvalue weighted by Crippen LogP contribution is 2.23. The van der Waals surface area contributed by atoms with E-state index in [4.69, 9.17) is 4.98 Å². The van der Waals surface area contributed by atoms with Gasteiger partial charge in [-0.3, -0.25) is 4.79 Å². The maximum atomic E-state index is 12.8. The smallest absolute Gasteiger partial charge is 0.255 e. The number of carbonyl (C=O) groups excluding carboxylic acids is 1. The van der Waals surface area contributed by atoms with Crippen molar-refractivity contribution in [1.29, 1.82) is 0 Å². The zero-order chi connectivity index (χ0) is 21.5. The van der Waals surface area contributed by atoms with Gasteiger partial charge in [0.1, 0.15) is 16.9 Å². The lowest BCUT2D eigenvalue weighted by Gasteiger charge is -2.27. The summed E-state index contributed by atoms with van der Waals surface area (Å²) in [5, 5.41) is 3.06. The van der Waals surface area contributed by atoms with Gasteiger partial charge in [-0.2, -0.15) is 0 Å². The normalized spacial score (nSPS) is 12.8. The first-order chi connectivity index (χ1) is 14.2. The maximum absolute atomic E-state index is 12.8. The minimum atomic E-state index is -0.166. The highest BCUT2D eigenvalue weighted by Gasteiger charge is 2.24. The predicted molar refractivity (Wildman–Crippen MR) is 118 cm³/mol. The van der Waals surface area contributed by atoms with E-state index < -0.39 is 0 Å². The number of aryl methyl sites for hydroxylation is 1. The summed E-state index contributed by atoms with van der Waals surface area (Å²) in [6.07, 6.45) is 7.00. The molecule has 154 valence electrons. The molecule has 0 aliphatic rings. The van der Waals surface area contributed by atoms with Crippen molar-refractivity contribution in [3.63, 3.8) is 0 Å². The molecule has 4 aromatic rings. The Morgan fingerprint density at radius 1 is 1.20 bits per heavy atom. The van der Waals surface area contributed by atoms with E-state index in [9.17, 15) is 4.79 Å². The molecule has 3 aromatic heterocycles. The van der Waals surface area contributed by atoms with E-state index in [1.807, 2.05) is 29.8 Å². The number of nitrogens with zero attached hydrogens (tertiary/aromatic N) is 4. The van der Waals surface area contributed by atoms with Crippen molar-refractivity contribution in [2.24, 2.45) is 5.41 Å². The topological polar surface area (TPSA) is 88.5 Å². The van der Waals surface area contributed by atoms with Crippen LogP contribution >= 0.6 is 0 Å². The van der Waals surface area contributed by atoms with Crippen LogP contribution < -0.4 is 5.32 Å². The summed E-state index contributed by atoms with van der Waals surface area (Å²) in [6, 6.07) is 8.19. The fraction of sp³-hybridized carbons (Fsp3) is 0.304. The van der Waals surface area contributed by atoms with E-state index in [0.29, 0.717) is 28.1 Å². The molecule has 0 aliphatic heterocycles. The van der Waals surface area contributed by atoms with E-state index >= 15 is 0 Å². The molecule has 0 saturated heterocycles. The number of carbonyl (C=O) groups is 1. The first kappa shape index (κ1) is 19.8. The number of benzene rings is 1. The second-order valence-corrected chi connectivity index (χ2v) is 8.72. The van der Waals surface area contributed by atoms with Crippen LogP contribution in [-0.4, -0.2) is 36.5 Å².